The van der Waals surface area contributed by atoms with Gasteiger partial charge in [0, 0.05) is 25.2 Å². The van der Waals surface area contributed by atoms with E-state index in [4.69, 9.17) is 4.74 Å². The van der Waals surface area contributed by atoms with Crippen molar-refractivity contribution in [3.63, 3.8) is 0 Å². The van der Waals surface area contributed by atoms with Crippen LogP contribution >= 0.6 is 0 Å². The Hall–Kier alpha value is -1.70. The summed E-state index contributed by atoms with van der Waals surface area (Å²) in [4.78, 5) is 12.0. The SMILES string of the molecule is C/C(=C\c1ccccc1)C(=O)NCCS(=O)(=O)N1CCOCC1. The van der Waals surface area contributed by atoms with Crippen LogP contribution in [0.15, 0.2) is 35.9 Å². The van der Waals surface area contributed by atoms with Gasteiger partial charge in [0.05, 0.1) is 19.0 Å². The average Bonchev–Trinajstić information content (AvgIpc) is 2.56. The molecule has 126 valence electrons. The molecule has 1 fully saturated rings. The number of hydrogen-bond donors (Lipinski definition) is 1. The van der Waals surface area contributed by atoms with Gasteiger partial charge in [0.1, 0.15) is 0 Å². The Morgan fingerprint density at radius 1 is 1.26 bits per heavy atom. The maximum atomic E-state index is 12.1. The molecule has 1 aliphatic rings. The molecule has 6 nitrogen and oxygen atoms in total. The molecule has 1 amide bonds. The fraction of sp³-hybridized carbons (Fsp3) is 0.438. The third-order valence-corrected chi connectivity index (χ3v) is 5.42. The lowest BCUT2D eigenvalue weighted by atomic mass is 10.1. The number of nitrogens with one attached hydrogen (secondary N) is 1. The normalized spacial score (nSPS) is 17.0. The summed E-state index contributed by atoms with van der Waals surface area (Å²) in [7, 11) is -3.34. The third kappa shape index (κ3) is 5.46. The van der Waals surface area contributed by atoms with Gasteiger partial charge in [-0.1, -0.05) is 30.3 Å². The Balaban J connectivity index is 1.83. The molecule has 0 spiro atoms. The summed E-state index contributed by atoms with van der Waals surface area (Å²) in [6, 6.07) is 9.50. The first kappa shape index (κ1) is 17.7. The number of rotatable bonds is 6. The molecule has 0 aliphatic carbocycles. The van der Waals surface area contributed by atoms with Crippen LogP contribution in [0.3, 0.4) is 0 Å². The monoisotopic (exact) mass is 338 g/mol. The van der Waals surface area contributed by atoms with Crippen LogP contribution in [-0.4, -0.2) is 57.2 Å². The van der Waals surface area contributed by atoms with Gasteiger partial charge in [-0.15, -0.1) is 0 Å². The second-order valence-electron chi connectivity index (χ2n) is 5.32. The van der Waals surface area contributed by atoms with E-state index in [0.717, 1.165) is 5.56 Å². The molecular formula is C16H22N2O4S. The fourth-order valence-electron chi connectivity index (χ4n) is 2.25. The Morgan fingerprint density at radius 2 is 1.91 bits per heavy atom. The van der Waals surface area contributed by atoms with E-state index >= 15 is 0 Å². The van der Waals surface area contributed by atoms with Crippen LogP contribution in [0.4, 0.5) is 0 Å². The Morgan fingerprint density at radius 3 is 2.57 bits per heavy atom. The number of hydrogen-bond acceptors (Lipinski definition) is 4. The standard InChI is InChI=1S/C16H22N2O4S/c1-14(13-15-5-3-2-4-6-15)16(19)17-7-12-23(20,21)18-8-10-22-11-9-18/h2-6,13H,7-12H2,1H3,(H,17,19)/b14-13+. The number of benzene rings is 1. The smallest absolute Gasteiger partial charge is 0.246 e. The molecule has 1 aromatic rings. The van der Waals surface area contributed by atoms with E-state index in [0.29, 0.717) is 31.9 Å². The van der Waals surface area contributed by atoms with E-state index in [9.17, 15) is 13.2 Å². The van der Waals surface area contributed by atoms with Crippen LogP contribution in [0, 0.1) is 0 Å². The van der Waals surface area contributed by atoms with Gasteiger partial charge in [0.15, 0.2) is 0 Å². The minimum absolute atomic E-state index is 0.0957. The van der Waals surface area contributed by atoms with Gasteiger partial charge in [-0.3, -0.25) is 4.79 Å². The van der Waals surface area contributed by atoms with Crippen molar-refractivity contribution >= 4 is 22.0 Å². The second kappa shape index (κ2) is 8.24. The Bertz CT molecular complexity index is 650. The minimum atomic E-state index is -3.34. The van der Waals surface area contributed by atoms with E-state index in [-0.39, 0.29) is 18.2 Å². The molecule has 0 bridgehead atoms. The first-order chi connectivity index (χ1) is 11.0. The predicted octanol–water partition coefficient (Wildman–Crippen LogP) is 0.868. The summed E-state index contributed by atoms with van der Waals surface area (Å²) < 4.78 is 30.8. The summed E-state index contributed by atoms with van der Waals surface area (Å²) in [5, 5.41) is 2.65. The molecule has 23 heavy (non-hydrogen) atoms. The van der Waals surface area contributed by atoms with Crippen LogP contribution in [0.2, 0.25) is 0 Å². The first-order valence-electron chi connectivity index (χ1n) is 7.56. The van der Waals surface area contributed by atoms with E-state index in [1.807, 2.05) is 30.3 Å². The molecule has 1 aliphatic heterocycles. The molecule has 0 radical (unpaired) electrons. The summed E-state index contributed by atoms with van der Waals surface area (Å²) in [6.07, 6.45) is 1.77. The van der Waals surface area contributed by atoms with E-state index in [1.54, 1.807) is 13.0 Å². The van der Waals surface area contributed by atoms with E-state index in [1.165, 1.54) is 4.31 Å². The maximum absolute atomic E-state index is 12.1. The zero-order valence-corrected chi connectivity index (χ0v) is 14.0. The van der Waals surface area contributed by atoms with Crippen molar-refractivity contribution in [2.45, 2.75) is 6.92 Å². The van der Waals surface area contributed by atoms with Crippen LogP contribution < -0.4 is 5.32 Å². The predicted molar refractivity (Wildman–Crippen MR) is 89.3 cm³/mol. The molecule has 1 saturated heterocycles. The van der Waals surface area contributed by atoms with E-state index in [2.05, 4.69) is 5.32 Å². The van der Waals surface area contributed by atoms with Crippen LogP contribution in [0.1, 0.15) is 12.5 Å². The van der Waals surface area contributed by atoms with Crippen LogP contribution in [0.5, 0.6) is 0 Å². The number of carbonyl (C=O) groups excluding carboxylic acids is 1. The molecule has 0 saturated carbocycles. The highest BCUT2D eigenvalue weighted by Gasteiger charge is 2.23. The summed E-state index contributed by atoms with van der Waals surface area (Å²) in [6.45, 7) is 3.40. The van der Waals surface area contributed by atoms with Gasteiger partial charge < -0.3 is 10.1 Å². The molecule has 1 aromatic carbocycles. The molecule has 0 atom stereocenters. The number of ether oxygens (including phenoxy) is 1. The first-order valence-corrected chi connectivity index (χ1v) is 9.17. The van der Waals surface area contributed by atoms with Gasteiger partial charge in [-0.2, -0.15) is 4.31 Å². The molecule has 2 rings (SSSR count). The van der Waals surface area contributed by atoms with Gasteiger partial charge in [-0.05, 0) is 18.6 Å². The van der Waals surface area contributed by atoms with Gasteiger partial charge in [0.2, 0.25) is 15.9 Å². The molecule has 0 aromatic heterocycles. The van der Waals surface area contributed by atoms with Gasteiger partial charge in [-0.25, -0.2) is 8.42 Å². The molecular weight excluding hydrogens is 316 g/mol. The number of sulfonamides is 1. The fourth-order valence-corrected chi connectivity index (χ4v) is 3.58. The molecule has 0 unspecified atom stereocenters. The highest BCUT2D eigenvalue weighted by atomic mass is 32.2. The summed E-state index contributed by atoms with van der Waals surface area (Å²) in [5.41, 5.74) is 1.47. The van der Waals surface area contributed by atoms with Crippen molar-refractivity contribution in [3.05, 3.63) is 41.5 Å². The molecule has 1 heterocycles. The van der Waals surface area contributed by atoms with Crippen molar-refractivity contribution in [3.8, 4) is 0 Å². The van der Waals surface area contributed by atoms with E-state index < -0.39 is 10.0 Å². The molecule has 1 N–H and O–H groups in total. The van der Waals surface area contributed by atoms with Gasteiger partial charge in [0.25, 0.3) is 0 Å². The Labute approximate surface area is 137 Å². The third-order valence-electron chi connectivity index (χ3n) is 3.55. The maximum Gasteiger partial charge on any atom is 0.246 e. The number of nitrogens with zero attached hydrogens (tertiary/aromatic N) is 1. The van der Waals surface area contributed by atoms with Crippen molar-refractivity contribution in [2.24, 2.45) is 0 Å². The van der Waals surface area contributed by atoms with Gasteiger partial charge >= 0.3 is 0 Å². The lowest BCUT2D eigenvalue weighted by Gasteiger charge is -2.26. The second-order valence-corrected chi connectivity index (χ2v) is 7.41. The largest absolute Gasteiger partial charge is 0.379 e. The lowest BCUT2D eigenvalue weighted by Crippen LogP contribution is -2.43. The van der Waals surface area contributed by atoms with Crippen molar-refractivity contribution in [2.75, 3.05) is 38.6 Å². The average molecular weight is 338 g/mol. The van der Waals surface area contributed by atoms with Crippen molar-refractivity contribution in [1.29, 1.82) is 0 Å². The minimum Gasteiger partial charge on any atom is -0.379 e. The van der Waals surface area contributed by atoms with Crippen molar-refractivity contribution in [1.82, 2.24) is 9.62 Å². The zero-order valence-electron chi connectivity index (χ0n) is 13.2. The zero-order chi connectivity index (χ0) is 16.7. The Kier molecular flexibility index (Phi) is 6.32. The topological polar surface area (TPSA) is 75.7 Å². The lowest BCUT2D eigenvalue weighted by molar-refractivity contribution is -0.117. The van der Waals surface area contributed by atoms with Crippen LogP contribution in [-0.2, 0) is 19.6 Å². The summed E-state index contributed by atoms with van der Waals surface area (Å²) >= 11 is 0. The van der Waals surface area contributed by atoms with Crippen LogP contribution in [0.25, 0.3) is 6.08 Å². The number of morpholine rings is 1. The highest BCUT2D eigenvalue weighted by molar-refractivity contribution is 7.89. The highest BCUT2D eigenvalue weighted by Crippen LogP contribution is 2.07. The number of amides is 1. The summed E-state index contributed by atoms with van der Waals surface area (Å²) in [5.74, 6) is -0.358. The quantitative estimate of drug-likeness (QED) is 0.781. The molecule has 7 heteroatoms. The van der Waals surface area contributed by atoms with Crippen molar-refractivity contribution < 1.29 is 17.9 Å². The number of carbonyl (C=O) groups is 1.